The molecule has 0 aromatic carbocycles. The van der Waals surface area contributed by atoms with Gasteiger partial charge >= 0.3 is 0 Å². The second-order valence-electron chi connectivity index (χ2n) is 8.04. The van der Waals surface area contributed by atoms with Crippen LogP contribution in [0.4, 0.5) is 0 Å². The van der Waals surface area contributed by atoms with Crippen LogP contribution in [-0.4, -0.2) is 96.2 Å². The number of carbonyl (C=O) groups excluding carboxylic acids is 2. The molecule has 2 atom stereocenters. The maximum absolute atomic E-state index is 12.7. The van der Waals surface area contributed by atoms with Crippen LogP contribution < -0.4 is 0 Å². The molecule has 26 heavy (non-hydrogen) atoms. The van der Waals surface area contributed by atoms with Gasteiger partial charge in [0.2, 0.25) is 11.8 Å². The Balaban J connectivity index is 1.53. The van der Waals surface area contributed by atoms with Gasteiger partial charge in [0.15, 0.2) is 0 Å². The average molecular weight is 367 g/mol. The summed E-state index contributed by atoms with van der Waals surface area (Å²) < 4.78 is 6.11. The van der Waals surface area contributed by atoms with Gasteiger partial charge in [0.1, 0.15) is 0 Å². The van der Waals surface area contributed by atoms with Gasteiger partial charge in [-0.1, -0.05) is 0 Å². The molecule has 2 heterocycles. The lowest BCUT2D eigenvalue weighted by Gasteiger charge is -2.27. The van der Waals surface area contributed by atoms with Crippen molar-refractivity contribution in [2.24, 2.45) is 5.92 Å². The highest BCUT2D eigenvalue weighted by Gasteiger charge is 2.32. The molecule has 2 amide bonds. The van der Waals surface area contributed by atoms with E-state index in [0.717, 1.165) is 32.5 Å². The van der Waals surface area contributed by atoms with Crippen molar-refractivity contribution in [3.63, 3.8) is 0 Å². The molecule has 0 radical (unpaired) electrons. The molecule has 7 heteroatoms. The minimum absolute atomic E-state index is 0.00975. The van der Waals surface area contributed by atoms with Crippen LogP contribution in [0.2, 0.25) is 0 Å². The summed E-state index contributed by atoms with van der Waals surface area (Å²) in [4.78, 5) is 30.3. The molecule has 1 saturated carbocycles. The Bertz CT molecular complexity index is 497. The Labute approximate surface area is 156 Å². The predicted molar refractivity (Wildman–Crippen MR) is 97.6 cm³/mol. The number of carbonyl (C=O) groups is 2. The van der Waals surface area contributed by atoms with Crippen molar-refractivity contribution in [3.05, 3.63) is 0 Å². The number of aliphatic hydroxyl groups is 1. The first kappa shape index (κ1) is 19.6. The number of ether oxygens (including phenoxy) is 1. The molecule has 148 valence electrons. The molecule has 0 aromatic rings. The van der Waals surface area contributed by atoms with Crippen molar-refractivity contribution in [1.29, 1.82) is 0 Å². The Hall–Kier alpha value is -1.18. The fourth-order valence-corrected chi connectivity index (χ4v) is 3.73. The minimum atomic E-state index is -0.0480. The first-order valence-corrected chi connectivity index (χ1v) is 10.1. The minimum Gasteiger partial charge on any atom is -0.395 e. The molecule has 3 rings (SSSR count). The molecular weight excluding hydrogens is 334 g/mol. The zero-order valence-electron chi connectivity index (χ0n) is 15.9. The fraction of sp³-hybridized carbons (Fsp3) is 0.895. The maximum Gasteiger partial charge on any atom is 0.236 e. The molecule has 1 N–H and O–H groups in total. The van der Waals surface area contributed by atoms with E-state index in [1.165, 1.54) is 12.8 Å². The summed E-state index contributed by atoms with van der Waals surface area (Å²) in [5.41, 5.74) is 0. The van der Waals surface area contributed by atoms with E-state index >= 15 is 0 Å². The molecule has 2 saturated heterocycles. The Kier molecular flexibility index (Phi) is 6.89. The van der Waals surface area contributed by atoms with E-state index in [9.17, 15) is 14.7 Å². The topological polar surface area (TPSA) is 73.3 Å². The largest absolute Gasteiger partial charge is 0.395 e. The molecule has 3 fully saturated rings. The zero-order chi connectivity index (χ0) is 18.5. The van der Waals surface area contributed by atoms with Crippen molar-refractivity contribution in [2.45, 2.75) is 51.2 Å². The van der Waals surface area contributed by atoms with Gasteiger partial charge in [-0.3, -0.25) is 14.5 Å². The molecule has 0 bridgehead atoms. The van der Waals surface area contributed by atoms with E-state index in [1.54, 1.807) is 0 Å². The van der Waals surface area contributed by atoms with Crippen LogP contribution in [0.25, 0.3) is 0 Å². The number of likely N-dealkylation sites (tertiary alicyclic amines) is 1. The van der Waals surface area contributed by atoms with Gasteiger partial charge in [0, 0.05) is 51.8 Å². The predicted octanol–water partition coefficient (Wildman–Crippen LogP) is 0.319. The second-order valence-corrected chi connectivity index (χ2v) is 8.04. The van der Waals surface area contributed by atoms with Crippen molar-refractivity contribution >= 4 is 11.8 Å². The molecule has 7 nitrogen and oxygen atoms in total. The van der Waals surface area contributed by atoms with Crippen molar-refractivity contribution in [1.82, 2.24) is 14.7 Å². The molecule has 1 aliphatic carbocycles. The third kappa shape index (κ3) is 5.41. The van der Waals surface area contributed by atoms with Crippen LogP contribution in [0, 0.1) is 5.92 Å². The molecule has 2 aliphatic heterocycles. The van der Waals surface area contributed by atoms with Gasteiger partial charge in [0.25, 0.3) is 0 Å². The number of nitrogens with zero attached hydrogens (tertiary/aromatic N) is 3. The van der Waals surface area contributed by atoms with E-state index < -0.39 is 0 Å². The van der Waals surface area contributed by atoms with Gasteiger partial charge in [-0.15, -0.1) is 0 Å². The fourth-order valence-electron chi connectivity index (χ4n) is 3.73. The number of rotatable bonds is 9. The summed E-state index contributed by atoms with van der Waals surface area (Å²) in [6.07, 6.45) is 4.90. The van der Waals surface area contributed by atoms with Crippen molar-refractivity contribution in [3.8, 4) is 0 Å². The van der Waals surface area contributed by atoms with Gasteiger partial charge in [-0.25, -0.2) is 0 Å². The first-order valence-electron chi connectivity index (χ1n) is 10.1. The molecular formula is C19H33N3O4. The maximum atomic E-state index is 12.7. The SMILES string of the molecule is CC(CO)N1CC(=O)N(CCCN2CCCC2=O)CC(OCC2CC2)C1. The summed E-state index contributed by atoms with van der Waals surface area (Å²) in [5.74, 6) is 1.02. The van der Waals surface area contributed by atoms with Crippen LogP contribution in [0.15, 0.2) is 0 Å². The van der Waals surface area contributed by atoms with Crippen LogP contribution in [0.1, 0.15) is 39.0 Å². The Morgan fingerprint density at radius 3 is 2.58 bits per heavy atom. The standard InChI is InChI=1S/C19H33N3O4/c1-15(13-23)22-11-17(26-14-16-5-6-16)10-21(19(25)12-22)9-3-8-20-7-2-4-18(20)24/h15-17,23H,2-14H2,1H3. The lowest BCUT2D eigenvalue weighted by Crippen LogP contribution is -2.43. The van der Waals surface area contributed by atoms with Crippen LogP contribution in [0.3, 0.4) is 0 Å². The quantitative estimate of drug-likeness (QED) is 0.635. The van der Waals surface area contributed by atoms with E-state index in [4.69, 9.17) is 4.74 Å². The highest BCUT2D eigenvalue weighted by molar-refractivity contribution is 5.79. The summed E-state index contributed by atoms with van der Waals surface area (Å²) in [6, 6.07) is -0.0480. The first-order chi connectivity index (χ1) is 12.6. The van der Waals surface area contributed by atoms with E-state index in [-0.39, 0.29) is 30.6 Å². The molecule has 2 unspecified atom stereocenters. The van der Waals surface area contributed by atoms with E-state index in [1.807, 2.05) is 21.6 Å². The normalized spacial score (nSPS) is 26.5. The zero-order valence-corrected chi connectivity index (χ0v) is 15.9. The average Bonchev–Trinajstić information content (AvgIpc) is 3.39. The second kappa shape index (κ2) is 9.15. The van der Waals surface area contributed by atoms with Gasteiger partial charge < -0.3 is 19.6 Å². The lowest BCUT2D eigenvalue weighted by molar-refractivity contribution is -0.132. The summed E-state index contributed by atoms with van der Waals surface area (Å²) >= 11 is 0. The van der Waals surface area contributed by atoms with Gasteiger partial charge in [-0.2, -0.15) is 0 Å². The summed E-state index contributed by atoms with van der Waals surface area (Å²) in [6.45, 7) is 6.61. The van der Waals surface area contributed by atoms with Crippen molar-refractivity contribution in [2.75, 3.05) is 52.5 Å². The van der Waals surface area contributed by atoms with Crippen molar-refractivity contribution < 1.29 is 19.4 Å². The number of hydrogen-bond donors (Lipinski definition) is 1. The van der Waals surface area contributed by atoms with Gasteiger partial charge in [-0.05, 0) is 38.5 Å². The summed E-state index contributed by atoms with van der Waals surface area (Å²) in [5, 5.41) is 9.49. The Morgan fingerprint density at radius 1 is 1.15 bits per heavy atom. The van der Waals surface area contributed by atoms with E-state index in [0.29, 0.717) is 38.5 Å². The highest BCUT2D eigenvalue weighted by atomic mass is 16.5. The summed E-state index contributed by atoms with van der Waals surface area (Å²) in [7, 11) is 0. The van der Waals surface area contributed by atoms with Crippen LogP contribution in [0.5, 0.6) is 0 Å². The number of aliphatic hydroxyl groups excluding tert-OH is 1. The molecule has 0 spiro atoms. The Morgan fingerprint density at radius 2 is 1.92 bits per heavy atom. The van der Waals surface area contributed by atoms with Gasteiger partial charge in [0.05, 0.1) is 19.3 Å². The number of amides is 2. The molecule has 0 aromatic heterocycles. The highest BCUT2D eigenvalue weighted by Crippen LogP contribution is 2.29. The molecule has 3 aliphatic rings. The van der Waals surface area contributed by atoms with Crippen LogP contribution in [-0.2, 0) is 14.3 Å². The third-order valence-electron chi connectivity index (χ3n) is 5.73. The van der Waals surface area contributed by atoms with E-state index in [2.05, 4.69) is 0 Å². The smallest absolute Gasteiger partial charge is 0.236 e. The monoisotopic (exact) mass is 367 g/mol. The lowest BCUT2D eigenvalue weighted by atomic mass is 10.2. The third-order valence-corrected chi connectivity index (χ3v) is 5.73. The number of hydrogen-bond acceptors (Lipinski definition) is 5. The van der Waals surface area contributed by atoms with Crippen LogP contribution >= 0.6 is 0 Å².